The largest absolute Gasteiger partial charge is 0.361 e. The molecule has 1 N–H and O–H groups in total. The lowest BCUT2D eigenvalue weighted by Gasteiger charge is -2.11. The Labute approximate surface area is 211 Å². The first-order valence-corrected chi connectivity index (χ1v) is 12.1. The molecule has 0 radical (unpaired) electrons. The van der Waals surface area contributed by atoms with Gasteiger partial charge in [0.15, 0.2) is 11.4 Å². The monoisotopic (exact) mass is 506 g/mol. The number of H-pyrrole nitrogens is 1. The molecule has 9 nitrogen and oxygen atoms in total. The number of fused-ring (bicyclic) bond motifs is 2. The molecule has 0 aliphatic rings. The second-order valence-electron chi connectivity index (χ2n) is 9.64. The Kier molecular flexibility index (Phi) is 5.75. The highest BCUT2D eigenvalue weighted by Crippen LogP contribution is 2.30. The quantitative estimate of drug-likeness (QED) is 0.352. The van der Waals surface area contributed by atoms with Gasteiger partial charge in [-0.2, -0.15) is 5.10 Å². The molecule has 186 valence electrons. The molecule has 5 aromatic rings. The van der Waals surface area contributed by atoms with Crippen LogP contribution in [0.1, 0.15) is 36.7 Å². The Morgan fingerprint density at radius 1 is 1.17 bits per heavy atom. The highest BCUT2D eigenvalue weighted by molar-refractivity contribution is 6.31. The summed E-state index contributed by atoms with van der Waals surface area (Å²) < 4.78 is 6.24. The number of hydrogen-bond acceptors (Lipinski definition) is 4. The lowest BCUT2D eigenvalue weighted by atomic mass is 10.1. The molecule has 4 aromatic heterocycles. The minimum atomic E-state index is -0.427. The summed E-state index contributed by atoms with van der Waals surface area (Å²) in [7, 11) is 3.31. The molecular weight excluding hydrogens is 480 g/mol. The van der Waals surface area contributed by atoms with Gasteiger partial charge >= 0.3 is 5.69 Å². The molecule has 0 aliphatic carbocycles. The first-order valence-electron chi connectivity index (χ1n) is 11.7. The molecule has 0 bridgehead atoms. The van der Waals surface area contributed by atoms with Gasteiger partial charge in [0.2, 0.25) is 0 Å². The zero-order valence-corrected chi connectivity index (χ0v) is 21.6. The predicted octanol–water partition coefficient (Wildman–Crippen LogP) is 3.94. The first-order chi connectivity index (χ1) is 17.1. The molecule has 10 heteroatoms. The zero-order chi connectivity index (χ0) is 25.9. The Morgan fingerprint density at radius 2 is 1.92 bits per heavy atom. The van der Waals surface area contributed by atoms with Gasteiger partial charge in [-0.15, -0.1) is 0 Å². The van der Waals surface area contributed by atoms with Crippen molar-refractivity contribution in [3.8, 4) is 11.4 Å². The number of aryl methyl sites for hydroxylation is 1. The highest BCUT2D eigenvalue weighted by Gasteiger charge is 2.25. The number of carbonyl (C=O) groups excluding carboxylic acids is 1. The van der Waals surface area contributed by atoms with E-state index in [4.69, 9.17) is 16.7 Å². The number of hydrogen-bond donors (Lipinski definition) is 1. The molecule has 0 saturated carbocycles. The van der Waals surface area contributed by atoms with Crippen LogP contribution in [0.4, 0.5) is 0 Å². The lowest BCUT2D eigenvalue weighted by Crippen LogP contribution is -2.38. The van der Waals surface area contributed by atoms with Gasteiger partial charge in [0.25, 0.3) is 5.56 Å². The van der Waals surface area contributed by atoms with Gasteiger partial charge < -0.3 is 9.55 Å². The van der Waals surface area contributed by atoms with Crippen LogP contribution in [0.5, 0.6) is 0 Å². The molecule has 0 fully saturated rings. The summed E-state index contributed by atoms with van der Waals surface area (Å²) in [5.74, 6) is 0.0789. The van der Waals surface area contributed by atoms with Gasteiger partial charge in [0.05, 0.1) is 12.2 Å². The third-order valence-electron chi connectivity index (χ3n) is 6.48. The van der Waals surface area contributed by atoms with E-state index in [0.717, 1.165) is 21.0 Å². The van der Waals surface area contributed by atoms with Crippen molar-refractivity contribution in [1.29, 1.82) is 0 Å². The standard InChI is InChI=1S/C26H27ClN6O3/c1-14(2)11-32-24-22(25(35)31(5)26(32)36)23(21-8-16(15(3)34)12-30(21)4)33(29-24)13-17-10-28-20-7-6-18(27)9-19(17)20/h6-10,12,14,28H,11,13H2,1-5H3. The van der Waals surface area contributed by atoms with Gasteiger partial charge in [-0.25, -0.2) is 4.79 Å². The summed E-state index contributed by atoms with van der Waals surface area (Å²) in [6, 6.07) is 7.38. The Balaban J connectivity index is 1.85. The van der Waals surface area contributed by atoms with Gasteiger partial charge in [-0.05, 0) is 42.7 Å². The van der Waals surface area contributed by atoms with Crippen molar-refractivity contribution in [2.24, 2.45) is 20.0 Å². The van der Waals surface area contributed by atoms with Crippen molar-refractivity contribution >= 4 is 39.3 Å². The van der Waals surface area contributed by atoms with Crippen molar-refractivity contribution in [2.45, 2.75) is 33.9 Å². The maximum atomic E-state index is 13.5. The fourth-order valence-corrected chi connectivity index (χ4v) is 4.87. The van der Waals surface area contributed by atoms with Crippen molar-refractivity contribution in [1.82, 2.24) is 28.5 Å². The molecule has 0 unspecified atom stereocenters. The smallest absolute Gasteiger partial charge is 0.332 e. The Morgan fingerprint density at radius 3 is 2.58 bits per heavy atom. The topological polar surface area (TPSA) is 99.6 Å². The normalized spacial score (nSPS) is 11.9. The predicted molar refractivity (Wildman–Crippen MR) is 141 cm³/mol. The maximum absolute atomic E-state index is 13.5. The SMILES string of the molecule is CC(=O)c1cc(-c2c3c(=O)n(C)c(=O)n(CC(C)C)c3nn2Cc2c[nH]c3ccc(Cl)cc23)n(C)c1. The van der Waals surface area contributed by atoms with Crippen molar-refractivity contribution < 1.29 is 4.79 Å². The number of aromatic amines is 1. The van der Waals surface area contributed by atoms with E-state index in [1.165, 1.54) is 14.0 Å². The molecule has 36 heavy (non-hydrogen) atoms. The minimum absolute atomic E-state index is 0.0805. The lowest BCUT2D eigenvalue weighted by molar-refractivity contribution is 0.101. The number of ketones is 1. The van der Waals surface area contributed by atoms with Crippen LogP contribution in [0.25, 0.3) is 33.3 Å². The summed E-state index contributed by atoms with van der Waals surface area (Å²) in [6.45, 7) is 6.25. The van der Waals surface area contributed by atoms with Crippen molar-refractivity contribution in [3.63, 3.8) is 0 Å². The molecule has 1 aromatic carbocycles. The summed E-state index contributed by atoms with van der Waals surface area (Å²) in [5.41, 5.74) is 3.09. The van der Waals surface area contributed by atoms with Crippen molar-refractivity contribution in [2.75, 3.05) is 0 Å². The van der Waals surface area contributed by atoms with Crippen LogP contribution >= 0.6 is 11.6 Å². The second-order valence-corrected chi connectivity index (χ2v) is 10.1. The fourth-order valence-electron chi connectivity index (χ4n) is 4.70. The van der Waals surface area contributed by atoms with Crippen LogP contribution in [0.15, 0.2) is 46.2 Å². The number of carbonyl (C=O) groups is 1. The fraction of sp³-hybridized carbons (Fsp3) is 0.308. The molecule has 0 saturated heterocycles. The molecule has 4 heterocycles. The van der Waals surface area contributed by atoms with Crippen LogP contribution in [0, 0.1) is 5.92 Å². The third kappa shape index (κ3) is 3.80. The number of rotatable bonds is 6. The van der Waals surface area contributed by atoms with Gasteiger partial charge in [0, 0.05) is 54.5 Å². The summed E-state index contributed by atoms with van der Waals surface area (Å²) in [5, 5.41) is 6.72. The van der Waals surface area contributed by atoms with Crippen LogP contribution in [-0.2, 0) is 27.2 Å². The summed E-state index contributed by atoms with van der Waals surface area (Å²) in [4.78, 5) is 42.0. The average molecular weight is 507 g/mol. The van der Waals surface area contributed by atoms with E-state index in [2.05, 4.69) is 4.98 Å². The van der Waals surface area contributed by atoms with E-state index in [0.29, 0.717) is 46.1 Å². The van der Waals surface area contributed by atoms with Crippen LogP contribution < -0.4 is 11.2 Å². The molecule has 0 atom stereocenters. The highest BCUT2D eigenvalue weighted by atomic mass is 35.5. The number of nitrogens with zero attached hydrogens (tertiary/aromatic N) is 5. The van der Waals surface area contributed by atoms with E-state index in [-0.39, 0.29) is 11.7 Å². The Hall–Kier alpha value is -3.85. The van der Waals surface area contributed by atoms with E-state index < -0.39 is 11.2 Å². The van der Waals surface area contributed by atoms with Crippen LogP contribution in [0.3, 0.4) is 0 Å². The number of nitrogens with one attached hydrogen (secondary N) is 1. The zero-order valence-electron chi connectivity index (χ0n) is 20.8. The third-order valence-corrected chi connectivity index (χ3v) is 6.71. The van der Waals surface area contributed by atoms with E-state index in [1.54, 1.807) is 21.5 Å². The van der Waals surface area contributed by atoms with E-state index >= 15 is 0 Å². The molecule has 5 rings (SSSR count). The molecular formula is C26H27ClN6O3. The maximum Gasteiger partial charge on any atom is 0.332 e. The van der Waals surface area contributed by atoms with Gasteiger partial charge in [0.1, 0.15) is 11.1 Å². The molecule has 0 aliphatic heterocycles. The van der Waals surface area contributed by atoms with Gasteiger partial charge in [-0.1, -0.05) is 25.4 Å². The molecule has 0 amide bonds. The number of aromatic nitrogens is 6. The van der Waals surface area contributed by atoms with E-state index in [1.807, 2.05) is 49.9 Å². The summed E-state index contributed by atoms with van der Waals surface area (Å²) in [6.07, 6.45) is 3.63. The van der Waals surface area contributed by atoms with Gasteiger partial charge in [-0.3, -0.25) is 23.4 Å². The Bertz CT molecular complexity index is 1780. The van der Waals surface area contributed by atoms with Crippen molar-refractivity contribution in [3.05, 3.63) is 73.6 Å². The molecule has 0 spiro atoms. The van der Waals surface area contributed by atoms with Crippen LogP contribution in [0.2, 0.25) is 5.02 Å². The van der Waals surface area contributed by atoms with E-state index in [9.17, 15) is 14.4 Å². The van der Waals surface area contributed by atoms with Crippen LogP contribution in [-0.4, -0.2) is 34.2 Å². The second kappa shape index (κ2) is 8.67. The number of halogens is 1. The average Bonchev–Trinajstić information content (AvgIpc) is 3.50. The number of benzene rings is 1. The number of Topliss-reactive ketones (excluding diaryl/α,β-unsaturated/α-hetero) is 1. The minimum Gasteiger partial charge on any atom is -0.361 e. The summed E-state index contributed by atoms with van der Waals surface area (Å²) >= 11 is 6.27. The first kappa shape index (κ1) is 23.9.